The summed E-state index contributed by atoms with van der Waals surface area (Å²) in [5.41, 5.74) is 0.941. The molecule has 0 radical (unpaired) electrons. The minimum absolute atomic E-state index is 0.219. The number of ether oxygens (including phenoxy) is 2. The van der Waals surface area contributed by atoms with Crippen LogP contribution in [-0.2, 0) is 30.4 Å². The van der Waals surface area contributed by atoms with E-state index in [9.17, 15) is 14.4 Å². The second-order valence-corrected chi connectivity index (χ2v) is 4.37. The zero-order valence-corrected chi connectivity index (χ0v) is 12.6. The summed E-state index contributed by atoms with van der Waals surface area (Å²) in [6, 6.07) is 9.36. The molecule has 1 aromatic carbocycles. The summed E-state index contributed by atoms with van der Waals surface area (Å²) in [6.45, 7) is 3.68. The molecule has 1 amide bonds. The Morgan fingerprint density at radius 3 is 2.41 bits per heavy atom. The average Bonchev–Trinajstić information content (AvgIpc) is 2.52. The number of benzene rings is 1. The van der Waals surface area contributed by atoms with Gasteiger partial charge in [-0.1, -0.05) is 30.3 Å². The summed E-state index contributed by atoms with van der Waals surface area (Å²) in [7, 11) is 0. The summed E-state index contributed by atoms with van der Waals surface area (Å²) in [5, 5.41) is 2.66. The van der Waals surface area contributed by atoms with Crippen molar-refractivity contribution in [2.45, 2.75) is 26.5 Å². The van der Waals surface area contributed by atoms with Crippen molar-refractivity contribution in [2.75, 3.05) is 6.61 Å². The lowest BCUT2D eigenvalue weighted by molar-refractivity contribution is -0.150. The third-order valence-electron chi connectivity index (χ3n) is 2.61. The average molecular weight is 305 g/mol. The number of hydrogen-bond acceptors (Lipinski definition) is 5. The number of carbonyl (C=O) groups excluding carboxylic acids is 3. The molecule has 1 rings (SSSR count). The predicted octanol–water partition coefficient (Wildman–Crippen LogP) is 1.35. The SMILES string of the molecule is CCOC(=O)/C=C/C(=O)O[C@H](C)C(=O)NCc1ccccc1. The van der Waals surface area contributed by atoms with Gasteiger partial charge in [0, 0.05) is 18.7 Å². The third-order valence-corrected chi connectivity index (χ3v) is 2.61. The van der Waals surface area contributed by atoms with E-state index < -0.39 is 23.9 Å². The molecule has 0 aliphatic rings. The van der Waals surface area contributed by atoms with Gasteiger partial charge in [-0.05, 0) is 19.4 Å². The van der Waals surface area contributed by atoms with Gasteiger partial charge in [-0.15, -0.1) is 0 Å². The summed E-state index contributed by atoms with van der Waals surface area (Å²) in [6.07, 6.45) is 0.933. The molecule has 118 valence electrons. The predicted molar refractivity (Wildman–Crippen MR) is 79.6 cm³/mol. The molecule has 0 aromatic heterocycles. The number of rotatable bonds is 7. The molecule has 1 N–H and O–H groups in total. The molecule has 0 spiro atoms. The molecule has 6 nitrogen and oxygen atoms in total. The highest BCUT2D eigenvalue weighted by atomic mass is 16.5. The fourth-order valence-corrected chi connectivity index (χ4v) is 1.52. The second-order valence-electron chi connectivity index (χ2n) is 4.37. The largest absolute Gasteiger partial charge is 0.463 e. The maximum atomic E-state index is 11.8. The van der Waals surface area contributed by atoms with Crippen molar-refractivity contribution in [1.29, 1.82) is 0 Å². The van der Waals surface area contributed by atoms with Crippen LogP contribution in [0, 0.1) is 0 Å². The molecule has 0 heterocycles. The Morgan fingerprint density at radius 2 is 1.77 bits per heavy atom. The quantitative estimate of drug-likeness (QED) is 0.607. The number of amides is 1. The van der Waals surface area contributed by atoms with Crippen LogP contribution in [-0.4, -0.2) is 30.6 Å². The maximum absolute atomic E-state index is 11.8. The molecule has 1 aromatic rings. The molecular formula is C16H19NO5. The van der Waals surface area contributed by atoms with Crippen molar-refractivity contribution < 1.29 is 23.9 Å². The van der Waals surface area contributed by atoms with Crippen molar-refractivity contribution in [1.82, 2.24) is 5.32 Å². The Hall–Kier alpha value is -2.63. The van der Waals surface area contributed by atoms with E-state index in [1.807, 2.05) is 30.3 Å². The Bertz CT molecular complexity index is 539. The minimum Gasteiger partial charge on any atom is -0.463 e. The number of esters is 2. The van der Waals surface area contributed by atoms with E-state index >= 15 is 0 Å². The van der Waals surface area contributed by atoms with Crippen molar-refractivity contribution >= 4 is 17.8 Å². The maximum Gasteiger partial charge on any atom is 0.331 e. The van der Waals surface area contributed by atoms with Gasteiger partial charge in [0.2, 0.25) is 0 Å². The molecule has 0 saturated heterocycles. The molecule has 0 aliphatic heterocycles. The summed E-state index contributed by atoms with van der Waals surface area (Å²) >= 11 is 0. The van der Waals surface area contributed by atoms with Gasteiger partial charge in [-0.25, -0.2) is 9.59 Å². The minimum atomic E-state index is -0.956. The van der Waals surface area contributed by atoms with E-state index in [0.717, 1.165) is 17.7 Å². The van der Waals surface area contributed by atoms with Gasteiger partial charge >= 0.3 is 11.9 Å². The zero-order valence-electron chi connectivity index (χ0n) is 12.6. The fraction of sp³-hybridized carbons (Fsp3) is 0.312. The molecule has 22 heavy (non-hydrogen) atoms. The van der Waals surface area contributed by atoms with Crippen LogP contribution in [0.2, 0.25) is 0 Å². The van der Waals surface area contributed by atoms with Crippen LogP contribution in [0.3, 0.4) is 0 Å². The zero-order chi connectivity index (χ0) is 16.4. The first-order valence-electron chi connectivity index (χ1n) is 6.90. The Morgan fingerprint density at radius 1 is 1.14 bits per heavy atom. The number of nitrogens with one attached hydrogen (secondary N) is 1. The molecule has 0 saturated carbocycles. The van der Waals surface area contributed by atoms with Crippen LogP contribution < -0.4 is 5.32 Å². The molecular weight excluding hydrogens is 286 g/mol. The lowest BCUT2D eigenvalue weighted by atomic mass is 10.2. The highest BCUT2D eigenvalue weighted by molar-refractivity contribution is 5.93. The van der Waals surface area contributed by atoms with E-state index in [0.29, 0.717) is 6.54 Å². The number of carbonyl (C=O) groups is 3. The van der Waals surface area contributed by atoms with Crippen molar-refractivity contribution in [3.63, 3.8) is 0 Å². The van der Waals surface area contributed by atoms with Crippen molar-refractivity contribution in [3.8, 4) is 0 Å². The van der Waals surface area contributed by atoms with Crippen LogP contribution in [0.25, 0.3) is 0 Å². The molecule has 0 unspecified atom stereocenters. The van der Waals surface area contributed by atoms with Gasteiger partial charge < -0.3 is 14.8 Å². The highest BCUT2D eigenvalue weighted by Gasteiger charge is 2.16. The van der Waals surface area contributed by atoms with E-state index in [-0.39, 0.29) is 6.61 Å². The van der Waals surface area contributed by atoms with Crippen LogP contribution in [0.1, 0.15) is 19.4 Å². The molecule has 6 heteroatoms. The van der Waals surface area contributed by atoms with Gasteiger partial charge in [-0.2, -0.15) is 0 Å². The van der Waals surface area contributed by atoms with Gasteiger partial charge in [0.1, 0.15) is 0 Å². The van der Waals surface area contributed by atoms with Crippen LogP contribution >= 0.6 is 0 Å². The van der Waals surface area contributed by atoms with Crippen molar-refractivity contribution in [2.24, 2.45) is 0 Å². The molecule has 0 fully saturated rings. The normalized spacial score (nSPS) is 11.7. The first-order chi connectivity index (χ1) is 10.5. The van der Waals surface area contributed by atoms with Gasteiger partial charge in [-0.3, -0.25) is 4.79 Å². The van der Waals surface area contributed by atoms with Crippen LogP contribution in [0.15, 0.2) is 42.5 Å². The lowest BCUT2D eigenvalue weighted by Gasteiger charge is -2.12. The summed E-state index contributed by atoms with van der Waals surface area (Å²) in [5.74, 6) is -1.84. The third kappa shape index (κ3) is 6.69. The van der Waals surface area contributed by atoms with Gasteiger partial charge in [0.25, 0.3) is 5.91 Å². The van der Waals surface area contributed by atoms with Crippen molar-refractivity contribution in [3.05, 3.63) is 48.0 Å². The summed E-state index contributed by atoms with van der Waals surface area (Å²) < 4.78 is 9.50. The Labute approximate surface area is 129 Å². The summed E-state index contributed by atoms with van der Waals surface area (Å²) in [4.78, 5) is 34.3. The first kappa shape index (κ1) is 17.4. The van der Waals surface area contributed by atoms with Crippen LogP contribution in [0.5, 0.6) is 0 Å². The van der Waals surface area contributed by atoms with E-state index in [1.165, 1.54) is 6.92 Å². The first-order valence-corrected chi connectivity index (χ1v) is 6.90. The van der Waals surface area contributed by atoms with E-state index in [1.54, 1.807) is 6.92 Å². The fourth-order valence-electron chi connectivity index (χ4n) is 1.52. The standard InChI is InChI=1S/C16H19NO5/c1-3-21-14(18)9-10-15(19)22-12(2)16(20)17-11-13-7-5-4-6-8-13/h4-10,12H,3,11H2,1-2H3,(H,17,20)/b10-9+/t12-/m1/s1. The lowest BCUT2D eigenvalue weighted by Crippen LogP contribution is -2.35. The monoisotopic (exact) mass is 305 g/mol. The van der Waals surface area contributed by atoms with E-state index in [4.69, 9.17) is 4.74 Å². The number of hydrogen-bond donors (Lipinski definition) is 1. The van der Waals surface area contributed by atoms with Crippen LogP contribution in [0.4, 0.5) is 0 Å². The topological polar surface area (TPSA) is 81.7 Å². The van der Waals surface area contributed by atoms with E-state index in [2.05, 4.69) is 10.1 Å². The Kier molecular flexibility index (Phi) is 7.39. The smallest absolute Gasteiger partial charge is 0.331 e. The molecule has 1 atom stereocenters. The van der Waals surface area contributed by atoms with Gasteiger partial charge in [0.05, 0.1) is 6.61 Å². The van der Waals surface area contributed by atoms with Gasteiger partial charge in [0.15, 0.2) is 6.10 Å². The second kappa shape index (κ2) is 9.33. The highest BCUT2D eigenvalue weighted by Crippen LogP contribution is 1.99. The molecule has 0 bridgehead atoms. The Balaban J connectivity index is 2.37. The molecule has 0 aliphatic carbocycles.